The van der Waals surface area contributed by atoms with Crippen molar-refractivity contribution in [2.24, 2.45) is 11.8 Å². The monoisotopic (exact) mass is 320 g/mol. The van der Waals surface area contributed by atoms with Crippen LogP contribution in [0.5, 0.6) is 0 Å². The van der Waals surface area contributed by atoms with Gasteiger partial charge in [0.1, 0.15) is 0 Å². The zero-order chi connectivity index (χ0) is 19.4. The molecule has 0 heterocycles. The van der Waals surface area contributed by atoms with Crippen LogP contribution in [-0.2, 0) is 0 Å². The Labute approximate surface area is 147 Å². The molecule has 0 N–H and O–H groups in total. The van der Waals surface area contributed by atoms with Crippen LogP contribution >= 0.6 is 0 Å². The summed E-state index contributed by atoms with van der Waals surface area (Å²) in [7, 11) is 0. The highest BCUT2D eigenvalue weighted by Gasteiger charge is 1.80. The fourth-order valence-electron chi connectivity index (χ4n) is 0. The predicted molar refractivity (Wildman–Crippen MR) is 114 cm³/mol. The van der Waals surface area contributed by atoms with Gasteiger partial charge in [0.15, 0.2) is 0 Å². The summed E-state index contributed by atoms with van der Waals surface area (Å²) >= 11 is 0. The van der Waals surface area contributed by atoms with Crippen LogP contribution in [0.3, 0.4) is 0 Å². The van der Waals surface area contributed by atoms with Crippen molar-refractivity contribution in [3.8, 4) is 0 Å². The van der Waals surface area contributed by atoms with E-state index in [0.29, 0.717) is 0 Å². The Morgan fingerprint density at radius 2 is 0.409 bits per heavy atom. The number of hydrogen-bond acceptors (Lipinski definition) is 0. The van der Waals surface area contributed by atoms with E-state index in [1.54, 1.807) is 0 Å². The van der Waals surface area contributed by atoms with E-state index in [9.17, 15) is 0 Å². The first-order valence-electron chi connectivity index (χ1n) is 10.2. The molecule has 0 nitrogen and oxygen atoms in total. The molecule has 0 amide bonds. The molecule has 0 saturated carbocycles. The van der Waals surface area contributed by atoms with Gasteiger partial charge in [-0.1, -0.05) is 135 Å². The van der Waals surface area contributed by atoms with Crippen molar-refractivity contribution in [1.82, 2.24) is 0 Å². The minimum atomic E-state index is 0.884. The van der Waals surface area contributed by atoms with Crippen molar-refractivity contribution in [3.05, 3.63) is 0 Å². The van der Waals surface area contributed by atoms with Gasteiger partial charge in [-0.05, 0) is 11.8 Å². The Morgan fingerprint density at radius 3 is 0.409 bits per heavy atom. The van der Waals surface area contributed by atoms with E-state index < -0.39 is 0 Å². The first kappa shape index (κ1) is 37.9. The van der Waals surface area contributed by atoms with Gasteiger partial charge in [-0.25, -0.2) is 0 Å². The van der Waals surface area contributed by atoms with E-state index in [-0.39, 0.29) is 0 Å². The molecule has 0 aliphatic rings. The maximum Gasteiger partial charge on any atom is -0.0474 e. The Morgan fingerprint density at radius 1 is 0.364 bits per heavy atom. The van der Waals surface area contributed by atoms with Gasteiger partial charge in [-0.15, -0.1) is 0 Å². The average molecular weight is 321 g/mol. The topological polar surface area (TPSA) is 0 Å². The average Bonchev–Trinajstić information content (AvgIpc) is 2.43. The Bertz CT molecular complexity index is 66.0. The highest BCUT2D eigenvalue weighted by atomic mass is 13.9. The molecule has 0 aromatic rings. The SMILES string of the molecule is CCC.CCC.CCC.CCC.CCC(C)C.CCC(C)C. The van der Waals surface area contributed by atoms with E-state index in [0.717, 1.165) is 11.8 Å². The molecule has 0 aliphatic heterocycles. The second-order valence-electron chi connectivity index (χ2n) is 6.43. The molecule has 0 heteroatoms. The minimum absolute atomic E-state index is 0.884. The largest absolute Gasteiger partial charge is 0.0656 e. The third-order valence-corrected chi connectivity index (χ3v) is 1.63. The summed E-state index contributed by atoms with van der Waals surface area (Å²) in [5.74, 6) is 1.77. The van der Waals surface area contributed by atoms with Crippen molar-refractivity contribution in [1.29, 1.82) is 0 Å². The fourth-order valence-corrected chi connectivity index (χ4v) is 0. The van der Waals surface area contributed by atoms with E-state index in [1.807, 2.05) is 0 Å². The maximum atomic E-state index is 2.22. The Balaban J connectivity index is -0.0000000357. The molecule has 0 aromatic heterocycles. The highest BCUT2D eigenvalue weighted by molar-refractivity contribution is 4.33. The molecule has 0 fully saturated rings. The van der Waals surface area contributed by atoms with Gasteiger partial charge in [0.2, 0.25) is 0 Å². The van der Waals surface area contributed by atoms with Crippen LogP contribution < -0.4 is 0 Å². The Kier molecular flexibility index (Phi) is 100. The predicted octanol–water partition coefficient (Wildman–Crippen LogP) is 9.77. The second-order valence-corrected chi connectivity index (χ2v) is 6.43. The molecule has 0 radical (unpaired) electrons. The van der Waals surface area contributed by atoms with Gasteiger partial charge in [-0.2, -0.15) is 0 Å². The van der Waals surface area contributed by atoms with E-state index in [2.05, 4.69) is 96.9 Å². The zero-order valence-corrected chi connectivity index (χ0v) is 19.4. The zero-order valence-electron chi connectivity index (χ0n) is 19.4. The maximum absolute atomic E-state index is 2.22. The lowest BCUT2D eigenvalue weighted by atomic mass is 10.2. The molecule has 0 rings (SSSR count). The van der Waals surface area contributed by atoms with Crippen molar-refractivity contribution >= 4 is 0 Å². The van der Waals surface area contributed by atoms with Crippen LogP contribution in [0.2, 0.25) is 0 Å². The Hall–Kier alpha value is 0. The third kappa shape index (κ3) is 451. The van der Waals surface area contributed by atoms with Crippen LogP contribution in [0.15, 0.2) is 0 Å². The lowest BCUT2D eigenvalue weighted by Gasteiger charge is -1.90. The first-order valence-corrected chi connectivity index (χ1v) is 10.2. The van der Waals surface area contributed by atoms with Gasteiger partial charge in [0.05, 0.1) is 0 Å². The fraction of sp³-hybridized carbons (Fsp3) is 1.00. The lowest BCUT2D eigenvalue weighted by molar-refractivity contribution is 0.626. The van der Waals surface area contributed by atoms with Crippen molar-refractivity contribution in [3.63, 3.8) is 0 Å². The van der Waals surface area contributed by atoms with Crippen LogP contribution in [0.4, 0.5) is 0 Å². The summed E-state index contributed by atoms with van der Waals surface area (Å²) in [6.45, 7) is 30.3. The van der Waals surface area contributed by atoms with E-state index >= 15 is 0 Å². The summed E-state index contributed by atoms with van der Waals surface area (Å²) in [5, 5.41) is 0. The molecular weight excluding hydrogens is 264 g/mol. The van der Waals surface area contributed by atoms with Crippen LogP contribution in [-0.4, -0.2) is 0 Å². The van der Waals surface area contributed by atoms with Gasteiger partial charge in [0, 0.05) is 0 Å². The smallest absolute Gasteiger partial charge is 0.0474 e. The van der Waals surface area contributed by atoms with Crippen molar-refractivity contribution in [2.75, 3.05) is 0 Å². The van der Waals surface area contributed by atoms with Gasteiger partial charge < -0.3 is 0 Å². The number of rotatable bonds is 2. The molecular formula is C22H56. The van der Waals surface area contributed by atoms with Gasteiger partial charge >= 0.3 is 0 Å². The highest BCUT2D eigenvalue weighted by Crippen LogP contribution is 1.94. The molecule has 0 bridgehead atoms. The number of hydrogen-bond donors (Lipinski definition) is 0. The standard InChI is InChI=1S/2C5H12.4C3H8/c2*1-4-5(2)3;4*1-3-2/h2*5H,4H2,1-3H3;4*3H2,1-2H3. The minimum Gasteiger partial charge on any atom is -0.0656 e. The van der Waals surface area contributed by atoms with E-state index in [1.165, 1.54) is 38.5 Å². The second kappa shape index (κ2) is 58.3. The normalized spacial score (nSPS) is 7.64. The molecule has 0 unspecified atom stereocenters. The molecule has 0 spiro atoms. The lowest BCUT2D eigenvalue weighted by Crippen LogP contribution is -1.77. The summed E-state index contributed by atoms with van der Waals surface area (Å²) in [6, 6.07) is 0. The molecule has 144 valence electrons. The molecule has 0 aromatic carbocycles. The van der Waals surface area contributed by atoms with Gasteiger partial charge in [0.25, 0.3) is 0 Å². The van der Waals surface area contributed by atoms with Gasteiger partial charge in [-0.3, -0.25) is 0 Å². The first-order chi connectivity index (χ1) is 10.2. The van der Waals surface area contributed by atoms with E-state index in [4.69, 9.17) is 0 Å². The third-order valence-electron chi connectivity index (χ3n) is 1.63. The van der Waals surface area contributed by atoms with Crippen LogP contribution in [0.1, 0.15) is 135 Å². The molecule has 0 aliphatic carbocycles. The summed E-state index contributed by atoms with van der Waals surface area (Å²) < 4.78 is 0. The molecule has 0 saturated heterocycles. The molecule has 0 atom stereocenters. The van der Waals surface area contributed by atoms with Crippen LogP contribution in [0, 0.1) is 11.8 Å². The quantitative estimate of drug-likeness (QED) is 0.475. The summed E-state index contributed by atoms with van der Waals surface area (Å²) in [5.41, 5.74) is 0. The summed E-state index contributed by atoms with van der Waals surface area (Å²) in [4.78, 5) is 0. The van der Waals surface area contributed by atoms with Crippen LogP contribution in [0.25, 0.3) is 0 Å². The van der Waals surface area contributed by atoms with Crippen molar-refractivity contribution < 1.29 is 0 Å². The molecule has 22 heavy (non-hydrogen) atoms. The van der Waals surface area contributed by atoms with Crippen molar-refractivity contribution in [2.45, 2.75) is 135 Å². The summed E-state index contributed by atoms with van der Waals surface area (Å²) in [6.07, 6.45) is 7.61.